The molecule has 3 aromatic rings. The smallest absolute Gasteiger partial charge is 0.255 e. The van der Waals surface area contributed by atoms with Crippen molar-refractivity contribution in [3.8, 4) is 11.4 Å². The average Bonchev–Trinajstić information content (AvgIpc) is 3.09. The van der Waals surface area contributed by atoms with E-state index in [0.717, 1.165) is 17.1 Å². The van der Waals surface area contributed by atoms with Gasteiger partial charge in [0.05, 0.1) is 24.1 Å². The number of para-hydroxylation sites is 1. The maximum Gasteiger partial charge on any atom is 0.255 e. The fraction of sp³-hybridized carbons (Fsp3) is 0.292. The fourth-order valence-corrected chi connectivity index (χ4v) is 3.41. The molecule has 1 aromatic heterocycles. The SMILES string of the molecule is COc1ccccc1C(=O)NC(C(=O)Nc1cccc(-n2nc(C)cc2C)c1)C(C)C. The number of methoxy groups -OCH3 is 1. The number of amides is 2. The Morgan fingerprint density at radius 1 is 1.03 bits per heavy atom. The number of benzene rings is 2. The molecule has 0 fully saturated rings. The van der Waals surface area contributed by atoms with E-state index in [1.54, 1.807) is 24.3 Å². The minimum Gasteiger partial charge on any atom is -0.496 e. The first-order valence-corrected chi connectivity index (χ1v) is 10.2. The quantitative estimate of drug-likeness (QED) is 0.607. The first kappa shape index (κ1) is 22.1. The number of rotatable bonds is 7. The van der Waals surface area contributed by atoms with Crippen LogP contribution >= 0.6 is 0 Å². The minimum absolute atomic E-state index is 0.113. The Kier molecular flexibility index (Phi) is 6.74. The molecule has 0 aliphatic heterocycles. The largest absolute Gasteiger partial charge is 0.496 e. The van der Waals surface area contributed by atoms with Crippen LogP contribution in [0.25, 0.3) is 5.69 Å². The van der Waals surface area contributed by atoms with Gasteiger partial charge in [-0.05, 0) is 56.2 Å². The molecule has 31 heavy (non-hydrogen) atoms. The van der Waals surface area contributed by atoms with Crippen molar-refractivity contribution in [1.82, 2.24) is 15.1 Å². The van der Waals surface area contributed by atoms with E-state index in [1.807, 2.05) is 62.7 Å². The maximum absolute atomic E-state index is 13.0. The van der Waals surface area contributed by atoms with Crippen LogP contribution in [0.2, 0.25) is 0 Å². The summed E-state index contributed by atoms with van der Waals surface area (Å²) < 4.78 is 7.09. The molecule has 2 aromatic carbocycles. The molecule has 1 atom stereocenters. The van der Waals surface area contributed by atoms with E-state index < -0.39 is 6.04 Å². The normalized spacial score (nSPS) is 11.8. The van der Waals surface area contributed by atoms with Crippen molar-refractivity contribution >= 4 is 17.5 Å². The first-order valence-electron chi connectivity index (χ1n) is 10.2. The second kappa shape index (κ2) is 9.47. The van der Waals surface area contributed by atoms with E-state index in [2.05, 4.69) is 15.7 Å². The minimum atomic E-state index is -0.713. The van der Waals surface area contributed by atoms with Gasteiger partial charge in [-0.3, -0.25) is 9.59 Å². The summed E-state index contributed by atoms with van der Waals surface area (Å²) >= 11 is 0. The monoisotopic (exact) mass is 420 g/mol. The highest BCUT2D eigenvalue weighted by molar-refractivity contribution is 6.02. The second-order valence-corrected chi connectivity index (χ2v) is 7.77. The topological polar surface area (TPSA) is 85.2 Å². The predicted molar refractivity (Wildman–Crippen MR) is 121 cm³/mol. The Morgan fingerprint density at radius 3 is 2.42 bits per heavy atom. The number of ether oxygens (including phenoxy) is 1. The lowest BCUT2D eigenvalue weighted by Gasteiger charge is -2.22. The molecule has 3 rings (SSSR count). The number of carbonyl (C=O) groups excluding carboxylic acids is 2. The lowest BCUT2D eigenvalue weighted by molar-refractivity contribution is -0.118. The third-order valence-electron chi connectivity index (χ3n) is 4.96. The Balaban J connectivity index is 1.78. The summed E-state index contributed by atoms with van der Waals surface area (Å²) in [7, 11) is 1.51. The van der Waals surface area contributed by atoms with Crippen molar-refractivity contribution in [3.63, 3.8) is 0 Å². The van der Waals surface area contributed by atoms with Crippen molar-refractivity contribution in [1.29, 1.82) is 0 Å². The molecule has 0 saturated heterocycles. The third-order valence-corrected chi connectivity index (χ3v) is 4.96. The average molecular weight is 421 g/mol. The van der Waals surface area contributed by atoms with Crippen molar-refractivity contribution in [2.24, 2.45) is 5.92 Å². The van der Waals surface area contributed by atoms with Crippen LogP contribution in [-0.2, 0) is 4.79 Å². The van der Waals surface area contributed by atoms with Gasteiger partial charge in [0, 0.05) is 11.4 Å². The molecule has 7 heteroatoms. The molecule has 1 heterocycles. The number of nitrogens with one attached hydrogen (secondary N) is 2. The van der Waals surface area contributed by atoms with Crippen LogP contribution in [0.15, 0.2) is 54.6 Å². The fourth-order valence-electron chi connectivity index (χ4n) is 3.41. The molecular weight excluding hydrogens is 392 g/mol. The Morgan fingerprint density at radius 2 is 1.77 bits per heavy atom. The number of nitrogens with zero attached hydrogens (tertiary/aromatic N) is 2. The Bertz CT molecular complexity index is 1090. The summed E-state index contributed by atoms with van der Waals surface area (Å²) in [4.78, 5) is 25.8. The van der Waals surface area contributed by atoms with Gasteiger partial charge < -0.3 is 15.4 Å². The third kappa shape index (κ3) is 5.12. The predicted octanol–water partition coefficient (Wildman–Crippen LogP) is 3.89. The molecular formula is C24H28N4O3. The van der Waals surface area contributed by atoms with Crippen molar-refractivity contribution < 1.29 is 14.3 Å². The van der Waals surface area contributed by atoms with Gasteiger partial charge in [-0.1, -0.05) is 32.0 Å². The van der Waals surface area contributed by atoms with Crippen LogP contribution in [0.3, 0.4) is 0 Å². The van der Waals surface area contributed by atoms with Crippen molar-refractivity contribution in [2.45, 2.75) is 33.7 Å². The van der Waals surface area contributed by atoms with Crippen LogP contribution in [0.4, 0.5) is 5.69 Å². The lowest BCUT2D eigenvalue weighted by Crippen LogP contribution is -2.47. The number of hydrogen-bond donors (Lipinski definition) is 2. The van der Waals surface area contributed by atoms with E-state index in [-0.39, 0.29) is 17.7 Å². The van der Waals surface area contributed by atoms with Gasteiger partial charge in [-0.15, -0.1) is 0 Å². The van der Waals surface area contributed by atoms with E-state index in [1.165, 1.54) is 7.11 Å². The second-order valence-electron chi connectivity index (χ2n) is 7.77. The van der Waals surface area contributed by atoms with Crippen molar-refractivity contribution in [2.75, 3.05) is 12.4 Å². The van der Waals surface area contributed by atoms with E-state index in [9.17, 15) is 9.59 Å². The van der Waals surface area contributed by atoms with Gasteiger partial charge in [0.2, 0.25) is 5.91 Å². The molecule has 1 unspecified atom stereocenters. The van der Waals surface area contributed by atoms with Gasteiger partial charge in [0.25, 0.3) is 5.91 Å². The molecule has 0 aliphatic carbocycles. The molecule has 2 N–H and O–H groups in total. The zero-order valence-corrected chi connectivity index (χ0v) is 18.5. The van der Waals surface area contributed by atoms with E-state index in [0.29, 0.717) is 17.0 Å². The molecule has 7 nitrogen and oxygen atoms in total. The van der Waals surface area contributed by atoms with Crippen LogP contribution in [-0.4, -0.2) is 34.7 Å². The zero-order chi connectivity index (χ0) is 22.5. The van der Waals surface area contributed by atoms with Crippen LogP contribution < -0.4 is 15.4 Å². The standard InChI is InChI=1S/C24H28N4O3/c1-15(2)22(26-23(29)20-11-6-7-12-21(20)31-5)24(30)25-18-9-8-10-19(14-18)28-17(4)13-16(3)27-28/h6-15,22H,1-5H3,(H,25,30)(H,26,29). The van der Waals surface area contributed by atoms with Crippen LogP contribution in [0, 0.1) is 19.8 Å². The highest BCUT2D eigenvalue weighted by Gasteiger charge is 2.26. The summed E-state index contributed by atoms with van der Waals surface area (Å²) in [5.41, 5.74) is 3.79. The number of hydrogen-bond acceptors (Lipinski definition) is 4. The summed E-state index contributed by atoms with van der Waals surface area (Å²) in [5, 5.41) is 10.2. The highest BCUT2D eigenvalue weighted by Crippen LogP contribution is 2.20. The molecule has 0 spiro atoms. The molecule has 0 radical (unpaired) electrons. The highest BCUT2D eigenvalue weighted by atomic mass is 16.5. The van der Waals surface area contributed by atoms with Crippen molar-refractivity contribution in [3.05, 3.63) is 71.5 Å². The maximum atomic E-state index is 13.0. The van der Waals surface area contributed by atoms with Gasteiger partial charge >= 0.3 is 0 Å². The molecule has 2 amide bonds. The van der Waals surface area contributed by atoms with E-state index in [4.69, 9.17) is 4.74 Å². The van der Waals surface area contributed by atoms with Crippen LogP contribution in [0.5, 0.6) is 5.75 Å². The summed E-state index contributed by atoms with van der Waals surface area (Å²) in [5.74, 6) is -0.301. The Hall–Kier alpha value is -3.61. The Labute approximate surface area is 182 Å². The molecule has 0 bridgehead atoms. The van der Waals surface area contributed by atoms with Gasteiger partial charge in [-0.2, -0.15) is 5.10 Å². The number of aryl methyl sites for hydroxylation is 2. The zero-order valence-electron chi connectivity index (χ0n) is 18.5. The number of anilines is 1. The van der Waals surface area contributed by atoms with Gasteiger partial charge in [0.1, 0.15) is 11.8 Å². The first-order chi connectivity index (χ1) is 14.8. The van der Waals surface area contributed by atoms with Crippen LogP contribution in [0.1, 0.15) is 35.6 Å². The number of aromatic nitrogens is 2. The van der Waals surface area contributed by atoms with E-state index >= 15 is 0 Å². The summed E-state index contributed by atoms with van der Waals surface area (Å²) in [6.45, 7) is 7.69. The summed E-state index contributed by atoms with van der Waals surface area (Å²) in [6.07, 6.45) is 0. The lowest BCUT2D eigenvalue weighted by atomic mass is 10.0. The molecule has 0 saturated carbocycles. The summed E-state index contributed by atoms with van der Waals surface area (Å²) in [6, 6.07) is 15.7. The number of carbonyl (C=O) groups is 2. The van der Waals surface area contributed by atoms with Gasteiger partial charge in [-0.25, -0.2) is 4.68 Å². The molecule has 162 valence electrons. The molecule has 0 aliphatic rings. The van der Waals surface area contributed by atoms with Gasteiger partial charge in [0.15, 0.2) is 0 Å².